The lowest BCUT2D eigenvalue weighted by Crippen LogP contribution is -2.38. The van der Waals surface area contributed by atoms with Crippen LogP contribution in [0.5, 0.6) is 0 Å². The first kappa shape index (κ1) is 12.0. The Morgan fingerprint density at radius 3 is 2.94 bits per heavy atom. The Labute approximate surface area is 108 Å². The second kappa shape index (κ2) is 4.77. The molecule has 0 fully saturated rings. The molecule has 1 aromatic rings. The minimum atomic E-state index is -0.0197. The number of rotatable bonds is 2. The Bertz CT molecular complexity index is 424. The maximum atomic E-state index is 12.0. The normalized spacial score (nSPS) is 19.8. The third-order valence-corrected chi connectivity index (χ3v) is 4.24. The maximum absolute atomic E-state index is 12.0. The Morgan fingerprint density at radius 1 is 1.56 bits per heavy atom. The predicted molar refractivity (Wildman–Crippen MR) is 70.9 cm³/mol. The van der Waals surface area contributed by atoms with Gasteiger partial charge in [-0.1, -0.05) is 22.0 Å². The van der Waals surface area contributed by atoms with Crippen molar-refractivity contribution in [2.75, 3.05) is 10.4 Å². The van der Waals surface area contributed by atoms with Crippen LogP contribution in [0, 0.1) is 0 Å². The summed E-state index contributed by atoms with van der Waals surface area (Å²) in [5, 5.41) is -0.0197. The molecule has 86 valence electrons. The Balaban J connectivity index is 2.48. The zero-order chi connectivity index (χ0) is 11.7. The first-order valence-electron chi connectivity index (χ1n) is 5.04. The molecule has 2 rings (SSSR count). The van der Waals surface area contributed by atoms with Gasteiger partial charge in [-0.05, 0) is 24.6 Å². The summed E-state index contributed by atoms with van der Waals surface area (Å²) in [6.07, 6.45) is 0. The van der Waals surface area contributed by atoms with Crippen molar-refractivity contribution in [2.45, 2.75) is 23.6 Å². The van der Waals surface area contributed by atoms with E-state index < -0.39 is 0 Å². The minimum absolute atomic E-state index is 0.0197. The number of carbonyl (C=O) groups is 1. The summed E-state index contributed by atoms with van der Waals surface area (Å²) < 4.78 is 0. The summed E-state index contributed by atoms with van der Waals surface area (Å²) in [4.78, 5) is 14.9. The summed E-state index contributed by atoms with van der Waals surface area (Å²) >= 11 is 4.97. The van der Waals surface area contributed by atoms with Crippen LogP contribution < -0.4 is 10.6 Å². The molecule has 0 spiro atoms. The first-order valence-corrected chi connectivity index (χ1v) is 7.04. The number of carbonyl (C=O) groups excluding carboxylic acids is 1. The van der Waals surface area contributed by atoms with Gasteiger partial charge in [-0.3, -0.25) is 9.69 Å². The number of amides is 1. The summed E-state index contributed by atoms with van der Waals surface area (Å²) in [5.74, 6) is 0.142. The van der Waals surface area contributed by atoms with Crippen LogP contribution in [0.4, 0.5) is 5.69 Å². The number of hydrogen-bond acceptors (Lipinski definition) is 3. The van der Waals surface area contributed by atoms with Gasteiger partial charge < -0.3 is 5.73 Å². The summed E-state index contributed by atoms with van der Waals surface area (Å²) in [6.45, 7) is 2.43. The van der Waals surface area contributed by atoms with Gasteiger partial charge in [-0.25, -0.2) is 0 Å². The number of halogens is 1. The quantitative estimate of drug-likeness (QED) is 0.673. The molecule has 0 bridgehead atoms. The largest absolute Gasteiger partial charge is 0.326 e. The molecule has 1 amide bonds. The van der Waals surface area contributed by atoms with Gasteiger partial charge in [0.15, 0.2) is 0 Å². The highest BCUT2D eigenvalue weighted by molar-refractivity contribution is 9.09. The van der Waals surface area contributed by atoms with E-state index in [4.69, 9.17) is 5.73 Å². The van der Waals surface area contributed by atoms with E-state index in [1.54, 1.807) is 16.7 Å². The molecule has 1 aliphatic rings. The zero-order valence-electron chi connectivity index (χ0n) is 8.94. The van der Waals surface area contributed by atoms with Crippen LogP contribution in [0.1, 0.15) is 12.5 Å². The van der Waals surface area contributed by atoms with Crippen molar-refractivity contribution in [1.82, 2.24) is 0 Å². The highest BCUT2D eigenvalue weighted by Gasteiger charge is 2.29. The highest BCUT2D eigenvalue weighted by atomic mass is 79.9. The Morgan fingerprint density at radius 2 is 2.31 bits per heavy atom. The molecule has 0 aliphatic carbocycles. The molecule has 0 saturated carbocycles. The van der Waals surface area contributed by atoms with Crippen LogP contribution in [0.15, 0.2) is 23.1 Å². The standard InChI is InChI=1S/C11H13BrN2OS/c1-7-11(15)14(6-12)9-4-8(5-13)2-3-10(9)16-7/h2-4,7H,5-6,13H2,1H3. The number of hydrogen-bond donors (Lipinski definition) is 1. The number of fused-ring (bicyclic) bond motifs is 1. The molecule has 0 saturated heterocycles. The third kappa shape index (κ3) is 1.99. The molecule has 0 radical (unpaired) electrons. The van der Waals surface area contributed by atoms with Crippen molar-refractivity contribution in [1.29, 1.82) is 0 Å². The van der Waals surface area contributed by atoms with Crippen LogP contribution >= 0.6 is 27.7 Å². The zero-order valence-corrected chi connectivity index (χ0v) is 11.3. The fraction of sp³-hybridized carbons (Fsp3) is 0.364. The lowest BCUT2D eigenvalue weighted by atomic mass is 10.2. The van der Waals surface area contributed by atoms with Gasteiger partial charge >= 0.3 is 0 Å². The molecule has 1 aliphatic heterocycles. The molecule has 3 nitrogen and oxygen atoms in total. The summed E-state index contributed by atoms with van der Waals surface area (Å²) in [5.41, 5.74) is 8.15. The molecular formula is C11H13BrN2OS. The van der Waals surface area contributed by atoms with Gasteiger partial charge in [0.25, 0.3) is 0 Å². The number of nitrogens with zero attached hydrogens (tertiary/aromatic N) is 1. The van der Waals surface area contributed by atoms with E-state index in [1.165, 1.54) is 0 Å². The molecule has 1 heterocycles. The van der Waals surface area contributed by atoms with Crippen LogP contribution in [0.25, 0.3) is 0 Å². The number of thioether (sulfide) groups is 1. The van der Waals surface area contributed by atoms with Gasteiger partial charge in [0, 0.05) is 11.4 Å². The van der Waals surface area contributed by atoms with Crippen molar-refractivity contribution >= 4 is 39.3 Å². The fourth-order valence-electron chi connectivity index (χ4n) is 1.70. The van der Waals surface area contributed by atoms with Crippen molar-refractivity contribution in [3.63, 3.8) is 0 Å². The Hall–Kier alpha value is -0.520. The summed E-state index contributed by atoms with van der Waals surface area (Å²) in [7, 11) is 0. The van der Waals surface area contributed by atoms with Gasteiger partial charge in [0.2, 0.25) is 5.91 Å². The van der Waals surface area contributed by atoms with Crippen molar-refractivity contribution < 1.29 is 4.79 Å². The lowest BCUT2D eigenvalue weighted by Gasteiger charge is -2.31. The smallest absolute Gasteiger partial charge is 0.240 e. The van der Waals surface area contributed by atoms with E-state index in [1.807, 2.05) is 25.1 Å². The van der Waals surface area contributed by atoms with E-state index >= 15 is 0 Å². The van der Waals surface area contributed by atoms with Crippen molar-refractivity contribution in [3.8, 4) is 0 Å². The number of benzene rings is 1. The van der Waals surface area contributed by atoms with Crippen LogP contribution in [-0.4, -0.2) is 16.6 Å². The molecule has 16 heavy (non-hydrogen) atoms. The molecule has 2 N–H and O–H groups in total. The maximum Gasteiger partial charge on any atom is 0.240 e. The van der Waals surface area contributed by atoms with Crippen LogP contribution in [0.2, 0.25) is 0 Å². The summed E-state index contributed by atoms with van der Waals surface area (Å²) in [6, 6.07) is 6.05. The third-order valence-electron chi connectivity index (χ3n) is 2.59. The van der Waals surface area contributed by atoms with Crippen LogP contribution in [-0.2, 0) is 11.3 Å². The predicted octanol–water partition coefficient (Wildman–Crippen LogP) is 2.32. The molecule has 1 aromatic carbocycles. The Kier molecular flexibility index (Phi) is 3.56. The first-order chi connectivity index (χ1) is 7.67. The number of anilines is 1. The minimum Gasteiger partial charge on any atom is -0.326 e. The topological polar surface area (TPSA) is 46.3 Å². The van der Waals surface area contributed by atoms with E-state index in [0.717, 1.165) is 16.1 Å². The van der Waals surface area contributed by atoms with Gasteiger partial charge in [0.1, 0.15) is 0 Å². The van der Waals surface area contributed by atoms with Crippen molar-refractivity contribution in [2.24, 2.45) is 5.73 Å². The van der Waals surface area contributed by atoms with E-state index in [9.17, 15) is 4.79 Å². The molecule has 1 unspecified atom stereocenters. The molecular weight excluding hydrogens is 288 g/mol. The SMILES string of the molecule is CC1Sc2ccc(CN)cc2N(CBr)C1=O. The fourth-order valence-corrected chi connectivity index (χ4v) is 3.27. The second-order valence-corrected chi connectivity index (χ2v) is 5.54. The monoisotopic (exact) mass is 300 g/mol. The average Bonchev–Trinajstić information content (AvgIpc) is 2.30. The van der Waals surface area contributed by atoms with Crippen molar-refractivity contribution in [3.05, 3.63) is 23.8 Å². The van der Waals surface area contributed by atoms with Gasteiger partial charge in [-0.15, -0.1) is 11.8 Å². The van der Waals surface area contributed by atoms with E-state index in [-0.39, 0.29) is 11.2 Å². The lowest BCUT2D eigenvalue weighted by molar-refractivity contribution is -0.117. The number of nitrogens with two attached hydrogens (primary N) is 1. The van der Waals surface area contributed by atoms with Crippen LogP contribution in [0.3, 0.4) is 0 Å². The van der Waals surface area contributed by atoms with Gasteiger partial charge in [0.05, 0.1) is 16.4 Å². The van der Waals surface area contributed by atoms with E-state index in [2.05, 4.69) is 15.9 Å². The van der Waals surface area contributed by atoms with Gasteiger partial charge in [-0.2, -0.15) is 0 Å². The number of alkyl halides is 1. The molecule has 1 atom stereocenters. The average molecular weight is 301 g/mol. The second-order valence-electron chi connectivity index (χ2n) is 3.65. The molecule has 5 heteroatoms. The highest BCUT2D eigenvalue weighted by Crippen LogP contribution is 2.39. The molecule has 0 aromatic heterocycles. The van der Waals surface area contributed by atoms with E-state index in [0.29, 0.717) is 12.0 Å².